The Bertz CT molecular complexity index is 555. The molecule has 27 heavy (non-hydrogen) atoms. The predicted molar refractivity (Wildman–Crippen MR) is 113 cm³/mol. The van der Waals surface area contributed by atoms with Gasteiger partial charge in [0.25, 0.3) is 0 Å². The summed E-state index contributed by atoms with van der Waals surface area (Å²) in [6.45, 7) is 12.6. The summed E-state index contributed by atoms with van der Waals surface area (Å²) in [6, 6.07) is 4.23. The van der Waals surface area contributed by atoms with Crippen LogP contribution in [0.5, 0.6) is 0 Å². The average Bonchev–Trinajstić information content (AvgIpc) is 2.69. The van der Waals surface area contributed by atoms with Crippen LogP contribution in [-0.4, -0.2) is 50.3 Å². The Kier molecular flexibility index (Phi) is 9.98. The second-order valence-corrected chi connectivity index (χ2v) is 7.51. The van der Waals surface area contributed by atoms with Gasteiger partial charge in [0, 0.05) is 45.6 Å². The molecule has 2 N–H and O–H groups in total. The van der Waals surface area contributed by atoms with Gasteiger partial charge in [-0.15, -0.1) is 0 Å². The van der Waals surface area contributed by atoms with Crippen LogP contribution in [0.4, 0.5) is 5.82 Å². The molecule has 2 heterocycles. The summed E-state index contributed by atoms with van der Waals surface area (Å²) in [5.41, 5.74) is 1.20. The SMILES string of the molecule is CCNC(=NCc1ccnc(N2CCCCC2)c1)NCCCOCC(C)C. The van der Waals surface area contributed by atoms with Crippen LogP contribution in [0.2, 0.25) is 0 Å². The Morgan fingerprint density at radius 2 is 2.07 bits per heavy atom. The number of hydrogen-bond acceptors (Lipinski definition) is 4. The largest absolute Gasteiger partial charge is 0.381 e. The third-order valence-electron chi connectivity index (χ3n) is 4.46. The fourth-order valence-electron chi connectivity index (χ4n) is 3.07. The molecule has 1 aliphatic rings. The minimum absolute atomic E-state index is 0.590. The van der Waals surface area contributed by atoms with E-state index in [0.717, 1.165) is 57.6 Å². The first-order valence-corrected chi connectivity index (χ1v) is 10.5. The van der Waals surface area contributed by atoms with E-state index in [1.807, 2.05) is 6.20 Å². The molecule has 0 radical (unpaired) electrons. The Balaban J connectivity index is 1.81. The van der Waals surface area contributed by atoms with Crippen LogP contribution < -0.4 is 15.5 Å². The van der Waals surface area contributed by atoms with Gasteiger partial charge in [0.1, 0.15) is 5.82 Å². The second-order valence-electron chi connectivity index (χ2n) is 7.51. The summed E-state index contributed by atoms with van der Waals surface area (Å²) in [7, 11) is 0. The van der Waals surface area contributed by atoms with E-state index in [-0.39, 0.29) is 0 Å². The molecule has 0 amide bonds. The summed E-state index contributed by atoms with van der Waals surface area (Å²) >= 11 is 0. The normalized spacial score (nSPS) is 15.3. The van der Waals surface area contributed by atoms with Gasteiger partial charge in [0.2, 0.25) is 0 Å². The molecular weight excluding hydrogens is 338 g/mol. The third kappa shape index (κ3) is 8.61. The van der Waals surface area contributed by atoms with E-state index in [0.29, 0.717) is 12.5 Å². The highest BCUT2D eigenvalue weighted by Gasteiger charge is 2.12. The Morgan fingerprint density at radius 3 is 2.81 bits per heavy atom. The monoisotopic (exact) mass is 375 g/mol. The number of aliphatic imine (C=N–C) groups is 1. The second kappa shape index (κ2) is 12.5. The molecular formula is C21H37N5O. The van der Waals surface area contributed by atoms with Gasteiger partial charge in [0.15, 0.2) is 5.96 Å². The lowest BCUT2D eigenvalue weighted by atomic mass is 10.1. The van der Waals surface area contributed by atoms with E-state index >= 15 is 0 Å². The number of nitrogens with zero attached hydrogens (tertiary/aromatic N) is 3. The van der Waals surface area contributed by atoms with E-state index < -0.39 is 0 Å². The molecule has 0 bridgehead atoms. The minimum Gasteiger partial charge on any atom is -0.381 e. The standard InChI is InChI=1S/C21H37N5O/c1-4-22-21(24-10-8-14-27-17-18(2)3)25-16-19-9-11-23-20(15-19)26-12-6-5-7-13-26/h9,11,15,18H,4-8,10,12-14,16-17H2,1-3H3,(H2,22,24,25). The van der Waals surface area contributed by atoms with Crippen molar-refractivity contribution in [1.29, 1.82) is 0 Å². The van der Waals surface area contributed by atoms with Gasteiger partial charge < -0.3 is 20.3 Å². The summed E-state index contributed by atoms with van der Waals surface area (Å²) < 4.78 is 5.63. The van der Waals surface area contributed by atoms with Gasteiger partial charge >= 0.3 is 0 Å². The summed E-state index contributed by atoms with van der Waals surface area (Å²) in [5.74, 6) is 2.53. The van der Waals surface area contributed by atoms with E-state index in [9.17, 15) is 0 Å². The Morgan fingerprint density at radius 1 is 1.26 bits per heavy atom. The molecule has 6 nitrogen and oxygen atoms in total. The van der Waals surface area contributed by atoms with Gasteiger partial charge in [-0.25, -0.2) is 9.98 Å². The lowest BCUT2D eigenvalue weighted by Crippen LogP contribution is -2.38. The van der Waals surface area contributed by atoms with E-state index in [1.165, 1.54) is 24.8 Å². The quantitative estimate of drug-likeness (QED) is 0.374. The van der Waals surface area contributed by atoms with Crippen molar-refractivity contribution in [2.75, 3.05) is 44.3 Å². The average molecular weight is 376 g/mol. The first-order chi connectivity index (χ1) is 13.2. The zero-order chi connectivity index (χ0) is 19.3. The molecule has 0 aliphatic carbocycles. The number of ether oxygens (including phenoxy) is 1. The van der Waals surface area contributed by atoms with Crippen LogP contribution in [0.3, 0.4) is 0 Å². The lowest BCUT2D eigenvalue weighted by Gasteiger charge is -2.27. The summed E-state index contributed by atoms with van der Waals surface area (Å²) in [4.78, 5) is 11.7. The molecule has 0 atom stereocenters. The van der Waals surface area contributed by atoms with Crippen molar-refractivity contribution in [3.05, 3.63) is 23.9 Å². The van der Waals surface area contributed by atoms with Crippen LogP contribution in [-0.2, 0) is 11.3 Å². The van der Waals surface area contributed by atoms with Crippen molar-refractivity contribution in [2.24, 2.45) is 10.9 Å². The van der Waals surface area contributed by atoms with Gasteiger partial charge in [-0.1, -0.05) is 13.8 Å². The van der Waals surface area contributed by atoms with Gasteiger partial charge in [-0.05, 0) is 56.2 Å². The highest BCUT2D eigenvalue weighted by Crippen LogP contribution is 2.18. The van der Waals surface area contributed by atoms with E-state index in [2.05, 4.69) is 53.4 Å². The lowest BCUT2D eigenvalue weighted by molar-refractivity contribution is 0.108. The molecule has 152 valence electrons. The third-order valence-corrected chi connectivity index (χ3v) is 4.46. The van der Waals surface area contributed by atoms with Gasteiger partial charge in [-0.3, -0.25) is 0 Å². The highest BCUT2D eigenvalue weighted by molar-refractivity contribution is 5.79. The van der Waals surface area contributed by atoms with E-state index in [1.54, 1.807) is 0 Å². The topological polar surface area (TPSA) is 61.8 Å². The van der Waals surface area contributed by atoms with Gasteiger partial charge in [-0.2, -0.15) is 0 Å². The zero-order valence-corrected chi connectivity index (χ0v) is 17.3. The van der Waals surface area contributed by atoms with Crippen molar-refractivity contribution >= 4 is 11.8 Å². The number of pyridine rings is 1. The van der Waals surface area contributed by atoms with Crippen LogP contribution in [0, 0.1) is 5.92 Å². The Labute approximate surface area is 164 Å². The van der Waals surface area contributed by atoms with Crippen LogP contribution in [0.15, 0.2) is 23.3 Å². The van der Waals surface area contributed by atoms with Crippen molar-refractivity contribution in [1.82, 2.24) is 15.6 Å². The van der Waals surface area contributed by atoms with Gasteiger partial charge in [0.05, 0.1) is 6.54 Å². The number of aromatic nitrogens is 1. The maximum absolute atomic E-state index is 5.63. The summed E-state index contributed by atoms with van der Waals surface area (Å²) in [6.07, 6.45) is 6.74. The zero-order valence-electron chi connectivity index (χ0n) is 17.3. The minimum atomic E-state index is 0.590. The first-order valence-electron chi connectivity index (χ1n) is 10.5. The number of rotatable bonds is 10. The Hall–Kier alpha value is -1.82. The number of piperidine rings is 1. The van der Waals surface area contributed by atoms with Crippen LogP contribution in [0.25, 0.3) is 0 Å². The maximum atomic E-state index is 5.63. The highest BCUT2D eigenvalue weighted by atomic mass is 16.5. The first kappa shape index (κ1) is 21.5. The maximum Gasteiger partial charge on any atom is 0.191 e. The molecule has 1 fully saturated rings. The van der Waals surface area contributed by atoms with Crippen LogP contribution >= 0.6 is 0 Å². The summed E-state index contributed by atoms with van der Waals surface area (Å²) in [5, 5.41) is 6.70. The molecule has 1 aromatic rings. The van der Waals surface area contributed by atoms with E-state index in [4.69, 9.17) is 9.73 Å². The molecule has 2 rings (SSSR count). The van der Waals surface area contributed by atoms with Crippen LogP contribution in [0.1, 0.15) is 52.0 Å². The predicted octanol–water partition coefficient (Wildman–Crippen LogP) is 3.19. The smallest absolute Gasteiger partial charge is 0.191 e. The molecule has 6 heteroatoms. The number of guanidine groups is 1. The molecule has 0 spiro atoms. The molecule has 0 saturated carbocycles. The molecule has 1 aliphatic heterocycles. The fourth-order valence-corrected chi connectivity index (χ4v) is 3.07. The van der Waals surface area contributed by atoms with Crippen molar-refractivity contribution in [3.63, 3.8) is 0 Å². The molecule has 1 saturated heterocycles. The van der Waals surface area contributed by atoms with Crippen molar-refractivity contribution < 1.29 is 4.74 Å². The number of nitrogens with one attached hydrogen (secondary N) is 2. The molecule has 0 aromatic carbocycles. The molecule has 0 unspecified atom stereocenters. The van der Waals surface area contributed by atoms with Crippen molar-refractivity contribution in [3.8, 4) is 0 Å². The number of anilines is 1. The van der Waals surface area contributed by atoms with Crippen molar-refractivity contribution in [2.45, 2.75) is 53.0 Å². The number of hydrogen-bond donors (Lipinski definition) is 2. The fraction of sp³-hybridized carbons (Fsp3) is 0.714. The molecule has 1 aromatic heterocycles.